The van der Waals surface area contributed by atoms with Gasteiger partial charge in [-0.2, -0.15) is 4.98 Å². The molecule has 10 heteroatoms. The van der Waals surface area contributed by atoms with Crippen LogP contribution in [-0.2, 0) is 10.0 Å². The summed E-state index contributed by atoms with van der Waals surface area (Å²) < 4.78 is 23.3. The Morgan fingerprint density at radius 2 is 1.92 bits per heavy atom. The molecule has 1 heterocycles. The lowest BCUT2D eigenvalue weighted by Crippen LogP contribution is -2.17. The highest BCUT2D eigenvalue weighted by atomic mass is 79.9. The number of aromatic nitrogens is 2. The Bertz CT molecular complexity index is 811. The number of sulfonamides is 1. The third-order valence-corrected chi connectivity index (χ3v) is 4.77. The Balaban J connectivity index is 2.03. The molecule has 0 atom stereocenters. The van der Waals surface area contributed by atoms with Crippen LogP contribution in [-0.4, -0.2) is 50.5 Å². The Morgan fingerprint density at radius 3 is 2.52 bits per heavy atom. The normalized spacial score (nSPS) is 11.6. The molecule has 0 spiro atoms. The average Bonchev–Trinajstić information content (AvgIpc) is 2.54. The molecule has 8 nitrogen and oxygen atoms in total. The number of benzene rings is 1. The Hall–Kier alpha value is -1.75. The van der Waals surface area contributed by atoms with Crippen LogP contribution >= 0.6 is 15.9 Å². The van der Waals surface area contributed by atoms with Crippen LogP contribution < -0.4 is 15.8 Å². The summed E-state index contributed by atoms with van der Waals surface area (Å²) in [5.74, 6) is 1.10. The minimum Gasteiger partial charge on any atom is -0.369 e. The van der Waals surface area contributed by atoms with Gasteiger partial charge in [0.15, 0.2) is 0 Å². The lowest BCUT2D eigenvalue weighted by Gasteiger charge is -2.12. The first-order valence-corrected chi connectivity index (χ1v) is 9.90. The molecular formula is C15H21BrN6O2S. The van der Waals surface area contributed by atoms with Crippen molar-refractivity contribution in [2.75, 3.05) is 37.8 Å². The maximum atomic E-state index is 11.3. The van der Waals surface area contributed by atoms with Crippen molar-refractivity contribution in [3.8, 4) is 0 Å². The third-order valence-electron chi connectivity index (χ3n) is 3.26. The average molecular weight is 429 g/mol. The molecule has 2 rings (SSSR count). The van der Waals surface area contributed by atoms with Gasteiger partial charge in [0.1, 0.15) is 5.82 Å². The van der Waals surface area contributed by atoms with Gasteiger partial charge >= 0.3 is 0 Å². The van der Waals surface area contributed by atoms with Gasteiger partial charge in [0.25, 0.3) is 0 Å². The van der Waals surface area contributed by atoms with E-state index in [-0.39, 0.29) is 4.90 Å². The predicted molar refractivity (Wildman–Crippen MR) is 102 cm³/mol. The summed E-state index contributed by atoms with van der Waals surface area (Å²) in [6.07, 6.45) is 2.64. The summed E-state index contributed by atoms with van der Waals surface area (Å²) in [6.45, 7) is 1.77. The summed E-state index contributed by atoms with van der Waals surface area (Å²) in [5, 5.41) is 11.4. The van der Waals surface area contributed by atoms with Crippen LogP contribution in [0.15, 0.2) is 39.8 Å². The first-order chi connectivity index (χ1) is 11.8. The predicted octanol–water partition coefficient (Wildman–Crippen LogP) is 1.99. The number of hydrogen-bond donors (Lipinski definition) is 3. The van der Waals surface area contributed by atoms with E-state index in [1.54, 1.807) is 18.3 Å². The zero-order chi connectivity index (χ0) is 18.4. The van der Waals surface area contributed by atoms with E-state index in [0.717, 1.165) is 24.0 Å². The second-order valence-corrected chi connectivity index (χ2v) is 8.08. The fraction of sp³-hybridized carbons (Fsp3) is 0.333. The van der Waals surface area contributed by atoms with Crippen molar-refractivity contribution < 1.29 is 8.42 Å². The highest BCUT2D eigenvalue weighted by Gasteiger charge is 2.08. The van der Waals surface area contributed by atoms with Crippen molar-refractivity contribution in [2.45, 2.75) is 11.3 Å². The maximum absolute atomic E-state index is 11.3. The molecule has 4 N–H and O–H groups in total. The van der Waals surface area contributed by atoms with Crippen molar-refractivity contribution in [3.05, 3.63) is 34.9 Å². The van der Waals surface area contributed by atoms with Crippen molar-refractivity contribution in [2.24, 2.45) is 5.14 Å². The van der Waals surface area contributed by atoms with E-state index >= 15 is 0 Å². The number of nitrogens with one attached hydrogen (secondary N) is 2. The van der Waals surface area contributed by atoms with E-state index in [4.69, 9.17) is 5.14 Å². The number of rotatable bonds is 8. The van der Waals surface area contributed by atoms with Gasteiger partial charge in [0.2, 0.25) is 16.0 Å². The van der Waals surface area contributed by atoms with Gasteiger partial charge < -0.3 is 15.5 Å². The van der Waals surface area contributed by atoms with Crippen LogP contribution in [0.3, 0.4) is 0 Å². The number of anilines is 3. The van der Waals surface area contributed by atoms with E-state index in [9.17, 15) is 8.42 Å². The van der Waals surface area contributed by atoms with E-state index in [1.165, 1.54) is 12.1 Å². The molecule has 1 aromatic heterocycles. The molecule has 136 valence electrons. The molecule has 0 bridgehead atoms. The van der Waals surface area contributed by atoms with Crippen LogP contribution in [0.4, 0.5) is 17.5 Å². The quantitative estimate of drug-likeness (QED) is 0.550. The molecule has 0 amide bonds. The monoisotopic (exact) mass is 428 g/mol. The molecule has 0 radical (unpaired) electrons. The topological polar surface area (TPSA) is 113 Å². The van der Waals surface area contributed by atoms with E-state index < -0.39 is 10.0 Å². The van der Waals surface area contributed by atoms with E-state index in [1.807, 2.05) is 14.1 Å². The van der Waals surface area contributed by atoms with Gasteiger partial charge in [-0.1, -0.05) is 0 Å². The smallest absolute Gasteiger partial charge is 0.238 e. The Kier molecular flexibility index (Phi) is 6.71. The standard InChI is InChI=1S/C15H21BrN6O2S/c1-22(2)9-3-8-18-14-13(16)10-19-15(21-14)20-11-4-6-12(7-5-11)25(17,23)24/h4-7,10H,3,8-9H2,1-2H3,(H2,17,23,24)(H2,18,19,20,21). The van der Waals surface area contributed by atoms with Gasteiger partial charge in [0.05, 0.1) is 9.37 Å². The van der Waals surface area contributed by atoms with Crippen LogP contribution in [0.2, 0.25) is 0 Å². The minimum atomic E-state index is -3.70. The molecule has 0 saturated carbocycles. The number of nitrogens with two attached hydrogens (primary N) is 1. The van der Waals surface area contributed by atoms with Gasteiger partial charge in [0, 0.05) is 18.4 Å². The highest BCUT2D eigenvalue weighted by molar-refractivity contribution is 9.10. The minimum absolute atomic E-state index is 0.0537. The fourth-order valence-electron chi connectivity index (χ4n) is 2.01. The summed E-state index contributed by atoms with van der Waals surface area (Å²) in [6, 6.07) is 6.07. The zero-order valence-corrected chi connectivity index (χ0v) is 16.4. The van der Waals surface area contributed by atoms with Crippen LogP contribution in [0.5, 0.6) is 0 Å². The molecule has 1 aromatic carbocycles. The number of halogens is 1. The first-order valence-electron chi connectivity index (χ1n) is 7.57. The first kappa shape index (κ1) is 19.6. The Labute approximate surface area is 156 Å². The van der Waals surface area contributed by atoms with Crippen molar-refractivity contribution in [1.29, 1.82) is 0 Å². The lowest BCUT2D eigenvalue weighted by atomic mass is 10.3. The highest BCUT2D eigenvalue weighted by Crippen LogP contribution is 2.22. The van der Waals surface area contributed by atoms with Crippen molar-refractivity contribution in [3.63, 3.8) is 0 Å². The van der Waals surface area contributed by atoms with E-state index in [2.05, 4.69) is 41.4 Å². The molecule has 2 aromatic rings. The molecule has 0 aliphatic heterocycles. The molecule has 0 fully saturated rings. The number of primary sulfonamides is 1. The van der Waals surface area contributed by atoms with E-state index in [0.29, 0.717) is 17.5 Å². The summed E-state index contributed by atoms with van der Waals surface area (Å²) >= 11 is 3.42. The largest absolute Gasteiger partial charge is 0.369 e. The number of nitrogens with zero attached hydrogens (tertiary/aromatic N) is 3. The summed E-state index contributed by atoms with van der Waals surface area (Å²) in [7, 11) is 0.361. The van der Waals surface area contributed by atoms with Gasteiger partial charge in [-0.05, 0) is 67.3 Å². The van der Waals surface area contributed by atoms with Gasteiger partial charge in [-0.3, -0.25) is 0 Å². The van der Waals surface area contributed by atoms with Crippen LogP contribution in [0.25, 0.3) is 0 Å². The molecule has 0 aliphatic carbocycles. The molecule has 0 unspecified atom stereocenters. The zero-order valence-electron chi connectivity index (χ0n) is 14.0. The molecular weight excluding hydrogens is 408 g/mol. The maximum Gasteiger partial charge on any atom is 0.238 e. The van der Waals surface area contributed by atoms with Crippen LogP contribution in [0, 0.1) is 0 Å². The van der Waals surface area contributed by atoms with Crippen molar-refractivity contribution >= 4 is 43.4 Å². The molecule has 0 aliphatic rings. The third kappa shape index (κ3) is 6.24. The lowest BCUT2D eigenvalue weighted by molar-refractivity contribution is 0.405. The Morgan fingerprint density at radius 1 is 1.24 bits per heavy atom. The van der Waals surface area contributed by atoms with Crippen LogP contribution in [0.1, 0.15) is 6.42 Å². The second-order valence-electron chi connectivity index (χ2n) is 5.67. The SMILES string of the molecule is CN(C)CCCNc1nc(Nc2ccc(S(N)(=O)=O)cc2)ncc1Br. The van der Waals surface area contributed by atoms with Gasteiger partial charge in [-0.15, -0.1) is 0 Å². The number of hydrogen-bond acceptors (Lipinski definition) is 7. The summed E-state index contributed by atoms with van der Waals surface area (Å²) in [4.78, 5) is 10.8. The molecule has 25 heavy (non-hydrogen) atoms. The van der Waals surface area contributed by atoms with Gasteiger partial charge in [-0.25, -0.2) is 18.5 Å². The molecule has 0 saturated heterocycles. The van der Waals surface area contributed by atoms with Crippen molar-refractivity contribution in [1.82, 2.24) is 14.9 Å². The summed E-state index contributed by atoms with van der Waals surface area (Å²) in [5.41, 5.74) is 0.660. The second kappa shape index (κ2) is 8.56. The fourth-order valence-corrected chi connectivity index (χ4v) is 2.86.